The number of carboxylic acid groups (broad SMARTS) is 1. The molecule has 0 fully saturated rings. The molecule has 3 rings (SSSR count). The highest BCUT2D eigenvalue weighted by Gasteiger charge is 2.30. The molecule has 0 aromatic rings. The molecule has 0 saturated heterocycles. The summed E-state index contributed by atoms with van der Waals surface area (Å²) in [6.07, 6.45) is 18.5. The molecule has 3 N–H and O–H groups in total. The van der Waals surface area contributed by atoms with E-state index in [4.69, 9.17) is 14.8 Å². The molecule has 0 amide bonds. The van der Waals surface area contributed by atoms with Gasteiger partial charge in [-0.25, -0.2) is 4.99 Å². The zero-order valence-electron chi connectivity index (χ0n) is 17.1. The Morgan fingerprint density at radius 1 is 1.41 bits per heavy atom. The molecule has 1 aliphatic carbocycles. The second-order valence-electron chi connectivity index (χ2n) is 7.62. The molecule has 0 bridgehead atoms. The molecule has 3 aliphatic rings. The van der Waals surface area contributed by atoms with Gasteiger partial charge in [-0.1, -0.05) is 12.2 Å². The summed E-state index contributed by atoms with van der Waals surface area (Å²) in [7, 11) is 0. The predicted octanol–water partition coefficient (Wildman–Crippen LogP) is 2.90. The normalized spacial score (nSPS) is 23.3. The predicted molar refractivity (Wildman–Crippen MR) is 114 cm³/mol. The molecule has 158 valence electrons. The maximum absolute atomic E-state index is 10.5. The summed E-state index contributed by atoms with van der Waals surface area (Å²) in [4.78, 5) is 17.6. The summed E-state index contributed by atoms with van der Waals surface area (Å²) in [6.45, 7) is 3.69. The van der Waals surface area contributed by atoms with E-state index in [1.165, 1.54) is 11.3 Å². The lowest BCUT2D eigenvalue weighted by Crippen LogP contribution is -2.42. The third-order valence-electron chi connectivity index (χ3n) is 5.29. The number of aliphatic imine (C=N–C) groups is 1. The zero-order chi connectivity index (χ0) is 20.5. The summed E-state index contributed by atoms with van der Waals surface area (Å²) in [6, 6.07) is 0.376. The molecule has 2 unspecified atom stereocenters. The molecule has 0 radical (unpaired) electrons. The van der Waals surface area contributed by atoms with Crippen molar-refractivity contribution in [1.82, 2.24) is 15.5 Å². The summed E-state index contributed by atoms with van der Waals surface area (Å²) in [5.41, 5.74) is 2.47. The third-order valence-corrected chi connectivity index (χ3v) is 5.29. The van der Waals surface area contributed by atoms with Gasteiger partial charge in [0.15, 0.2) is 0 Å². The van der Waals surface area contributed by atoms with Gasteiger partial charge in [0, 0.05) is 23.5 Å². The number of fused-ring (bicyclic) bond motifs is 1. The highest BCUT2D eigenvalue weighted by Crippen LogP contribution is 2.32. The summed E-state index contributed by atoms with van der Waals surface area (Å²) in [5, 5.41) is 14.6. The minimum absolute atomic E-state index is 0.0221. The van der Waals surface area contributed by atoms with Crippen LogP contribution in [0.4, 0.5) is 0 Å². The van der Waals surface area contributed by atoms with Crippen molar-refractivity contribution in [3.8, 4) is 0 Å². The van der Waals surface area contributed by atoms with Crippen LogP contribution in [-0.2, 0) is 9.53 Å². The van der Waals surface area contributed by atoms with Crippen LogP contribution in [0.1, 0.15) is 45.4 Å². The van der Waals surface area contributed by atoms with Crippen molar-refractivity contribution >= 4 is 12.3 Å². The molecule has 0 aromatic carbocycles. The minimum Gasteiger partial charge on any atom is -0.494 e. The average molecular weight is 401 g/mol. The zero-order valence-corrected chi connectivity index (χ0v) is 17.1. The van der Waals surface area contributed by atoms with Crippen molar-refractivity contribution in [1.29, 1.82) is 0 Å². The number of carbonyl (C=O) groups is 1. The lowest BCUT2D eigenvalue weighted by atomic mass is 10.0. The molecule has 2 atom stereocenters. The van der Waals surface area contributed by atoms with Gasteiger partial charge in [-0.2, -0.15) is 0 Å². The second kappa shape index (κ2) is 10.9. The van der Waals surface area contributed by atoms with Gasteiger partial charge in [0.25, 0.3) is 0 Å². The quantitative estimate of drug-likeness (QED) is 0.489. The van der Waals surface area contributed by atoms with Gasteiger partial charge in [0.2, 0.25) is 0 Å². The lowest BCUT2D eigenvalue weighted by molar-refractivity contribution is -0.135. The first kappa shape index (κ1) is 21.2. The van der Waals surface area contributed by atoms with Crippen molar-refractivity contribution < 1.29 is 14.6 Å². The summed E-state index contributed by atoms with van der Waals surface area (Å²) in [5.74, 6) is 0.135. The van der Waals surface area contributed by atoms with Gasteiger partial charge in [0.1, 0.15) is 11.9 Å². The smallest absolute Gasteiger partial charge is 0.317 e. The standard InChI is InChI=1S/C22H32N4O3/c1-17-7-5-8-18-14-24-16-25-22(18)26(17)19-9-6-10-20(13-19)29-12-4-2-3-11-23-15-21(27)28/h5,8,10,13-14,16-17,22-23H,2-4,6-7,9,11-12,15H2,1H3,(H,24,25)(H,27,28). The SMILES string of the molecule is CC1CC=CC2=CNC=NC2N1C1=CC(OCCCCCNCC(=O)O)=CCC1. The molecule has 0 saturated carbocycles. The summed E-state index contributed by atoms with van der Waals surface area (Å²) >= 11 is 0. The van der Waals surface area contributed by atoms with Gasteiger partial charge < -0.3 is 25.4 Å². The number of hydrogen-bond acceptors (Lipinski definition) is 6. The number of unbranched alkanes of at least 4 members (excludes halogenated alkanes) is 2. The van der Waals surface area contributed by atoms with Crippen LogP contribution >= 0.6 is 0 Å². The largest absolute Gasteiger partial charge is 0.494 e. The van der Waals surface area contributed by atoms with E-state index in [0.29, 0.717) is 12.6 Å². The van der Waals surface area contributed by atoms with Crippen LogP contribution < -0.4 is 10.6 Å². The van der Waals surface area contributed by atoms with Crippen LogP contribution in [0.2, 0.25) is 0 Å². The first-order chi connectivity index (χ1) is 14.1. The maximum Gasteiger partial charge on any atom is 0.317 e. The number of ether oxygens (including phenoxy) is 1. The van der Waals surface area contributed by atoms with E-state index in [9.17, 15) is 4.79 Å². The molecule has 2 heterocycles. The van der Waals surface area contributed by atoms with Gasteiger partial charge in [-0.05, 0) is 64.1 Å². The Bertz CT molecular complexity index is 724. The van der Waals surface area contributed by atoms with Crippen LogP contribution in [0.5, 0.6) is 0 Å². The van der Waals surface area contributed by atoms with E-state index in [-0.39, 0.29) is 12.7 Å². The Labute approximate surface area is 172 Å². The molecular weight excluding hydrogens is 368 g/mol. The molecule has 2 aliphatic heterocycles. The second-order valence-corrected chi connectivity index (χ2v) is 7.62. The van der Waals surface area contributed by atoms with Crippen LogP contribution in [0.3, 0.4) is 0 Å². The van der Waals surface area contributed by atoms with Gasteiger partial charge in [-0.3, -0.25) is 4.79 Å². The van der Waals surface area contributed by atoms with Crippen molar-refractivity contribution in [2.75, 3.05) is 19.7 Å². The van der Waals surface area contributed by atoms with Gasteiger partial charge in [0.05, 0.1) is 19.5 Å². The van der Waals surface area contributed by atoms with Crippen LogP contribution in [0, 0.1) is 0 Å². The monoisotopic (exact) mass is 400 g/mol. The van der Waals surface area contributed by atoms with E-state index in [1.54, 1.807) is 6.34 Å². The number of rotatable bonds is 10. The first-order valence-electron chi connectivity index (χ1n) is 10.5. The molecule has 7 nitrogen and oxygen atoms in total. The molecule has 0 aromatic heterocycles. The molecular formula is C22H32N4O3. The Hall–Kier alpha value is -2.54. The van der Waals surface area contributed by atoms with Crippen molar-refractivity contribution in [3.63, 3.8) is 0 Å². The van der Waals surface area contributed by atoms with Crippen molar-refractivity contribution in [2.24, 2.45) is 4.99 Å². The molecule has 0 spiro atoms. The van der Waals surface area contributed by atoms with Gasteiger partial charge >= 0.3 is 5.97 Å². The lowest BCUT2D eigenvalue weighted by Gasteiger charge is -2.38. The van der Waals surface area contributed by atoms with Crippen molar-refractivity contribution in [2.45, 2.75) is 57.7 Å². The number of aliphatic carboxylic acids is 1. The topological polar surface area (TPSA) is 86.2 Å². The number of nitrogens with one attached hydrogen (secondary N) is 2. The van der Waals surface area contributed by atoms with E-state index in [2.05, 4.69) is 46.8 Å². The van der Waals surface area contributed by atoms with Crippen LogP contribution in [-0.4, -0.2) is 54.2 Å². The van der Waals surface area contributed by atoms with E-state index in [0.717, 1.165) is 50.8 Å². The van der Waals surface area contributed by atoms with Crippen molar-refractivity contribution in [3.05, 3.63) is 47.5 Å². The van der Waals surface area contributed by atoms with Gasteiger partial charge in [-0.15, -0.1) is 0 Å². The first-order valence-corrected chi connectivity index (χ1v) is 10.5. The number of allylic oxidation sites excluding steroid dienone is 3. The Kier molecular flexibility index (Phi) is 7.93. The Morgan fingerprint density at radius 3 is 3.17 bits per heavy atom. The number of carboxylic acids is 1. The number of hydrogen-bond donors (Lipinski definition) is 3. The molecule has 29 heavy (non-hydrogen) atoms. The van der Waals surface area contributed by atoms with Crippen LogP contribution in [0.25, 0.3) is 0 Å². The average Bonchev–Trinajstić information content (AvgIpc) is 2.88. The highest BCUT2D eigenvalue weighted by molar-refractivity contribution is 5.68. The summed E-state index contributed by atoms with van der Waals surface area (Å²) < 4.78 is 6.01. The fraction of sp³-hybridized carbons (Fsp3) is 0.545. The third kappa shape index (κ3) is 6.22. The number of nitrogens with zero attached hydrogens (tertiary/aromatic N) is 2. The highest BCUT2D eigenvalue weighted by atomic mass is 16.5. The fourth-order valence-electron chi connectivity index (χ4n) is 3.85. The fourth-order valence-corrected chi connectivity index (χ4v) is 3.85. The maximum atomic E-state index is 10.5. The van der Waals surface area contributed by atoms with E-state index >= 15 is 0 Å². The van der Waals surface area contributed by atoms with E-state index in [1.807, 2.05) is 6.20 Å². The Balaban J connectivity index is 1.49. The van der Waals surface area contributed by atoms with E-state index < -0.39 is 5.97 Å². The Morgan fingerprint density at radius 2 is 2.31 bits per heavy atom. The van der Waals surface area contributed by atoms with Crippen LogP contribution in [0.15, 0.2) is 52.5 Å². The minimum atomic E-state index is -0.813. The molecule has 7 heteroatoms.